The summed E-state index contributed by atoms with van der Waals surface area (Å²) in [5, 5.41) is 10.9. The van der Waals surface area contributed by atoms with Crippen LogP contribution in [0.3, 0.4) is 0 Å². The molecule has 6 nitrogen and oxygen atoms in total. The largest absolute Gasteiger partial charge is 0.462 e. The number of allylic oxidation sites excluding steroid dienone is 4. The van der Waals surface area contributed by atoms with Crippen LogP contribution >= 0.6 is 0 Å². The average Bonchev–Trinajstić information content (AvgIpc) is 3.39. The summed E-state index contributed by atoms with van der Waals surface area (Å²) in [6, 6.07) is 0. The summed E-state index contributed by atoms with van der Waals surface area (Å²) in [4.78, 5) is 14.0. The van der Waals surface area contributed by atoms with Crippen LogP contribution in [0.2, 0.25) is 0 Å². The van der Waals surface area contributed by atoms with Crippen LogP contribution in [-0.2, 0) is 23.7 Å². The number of fused-ring (bicyclic) bond motifs is 2. The molecule has 10 atom stereocenters. The first-order chi connectivity index (χ1) is 20.2. The lowest BCUT2D eigenvalue weighted by Gasteiger charge is -2.49. The molecule has 0 aromatic heterocycles. The predicted molar refractivity (Wildman–Crippen MR) is 162 cm³/mol. The third-order valence-electron chi connectivity index (χ3n) is 10.5. The van der Waals surface area contributed by atoms with E-state index in [1.807, 2.05) is 13.0 Å². The van der Waals surface area contributed by atoms with Crippen molar-refractivity contribution in [2.24, 2.45) is 29.6 Å². The zero-order valence-electron chi connectivity index (χ0n) is 25.9. The zero-order valence-corrected chi connectivity index (χ0v) is 25.9. The van der Waals surface area contributed by atoms with E-state index in [1.165, 1.54) is 37.7 Å². The molecule has 1 N–H and O–H groups in total. The summed E-state index contributed by atoms with van der Waals surface area (Å²) < 4.78 is 26.3. The van der Waals surface area contributed by atoms with E-state index in [2.05, 4.69) is 57.2 Å². The van der Waals surface area contributed by atoms with Crippen LogP contribution in [0.4, 0.5) is 0 Å². The molecular formula is C36H50O6. The number of rotatable bonds is 1. The quantitative estimate of drug-likeness (QED) is 0.274. The fourth-order valence-corrected chi connectivity index (χ4v) is 8.31. The van der Waals surface area contributed by atoms with Gasteiger partial charge in [-0.15, -0.1) is 0 Å². The Hall–Kier alpha value is -1.99. The van der Waals surface area contributed by atoms with Crippen LogP contribution in [0, 0.1) is 29.6 Å². The number of carbonyl (C=O) groups excluding carboxylic acids is 1. The van der Waals surface area contributed by atoms with Gasteiger partial charge >= 0.3 is 5.97 Å². The first kappa shape index (κ1) is 30.1. The normalized spacial score (nSPS) is 46.5. The molecule has 0 radical (unpaired) electrons. The van der Waals surface area contributed by atoms with Crippen LogP contribution in [-0.4, -0.2) is 54.0 Å². The molecule has 0 aromatic carbocycles. The topological polar surface area (TPSA) is 74.2 Å². The summed E-state index contributed by atoms with van der Waals surface area (Å²) in [7, 11) is 0. The molecule has 0 aromatic rings. The van der Waals surface area contributed by atoms with E-state index in [9.17, 15) is 9.90 Å². The summed E-state index contributed by atoms with van der Waals surface area (Å²) >= 11 is 0. The maximum Gasteiger partial charge on any atom is 0.313 e. The summed E-state index contributed by atoms with van der Waals surface area (Å²) in [5.41, 5.74) is 3.14. The second-order valence-electron chi connectivity index (χ2n) is 14.0. The Labute approximate surface area is 251 Å². The fraction of sp³-hybridized carbons (Fsp3) is 0.694. The van der Waals surface area contributed by atoms with E-state index in [1.54, 1.807) is 0 Å². The van der Waals surface area contributed by atoms with Gasteiger partial charge in [-0.3, -0.25) is 4.79 Å². The number of ether oxygens (including phenoxy) is 4. The van der Waals surface area contributed by atoms with Crippen molar-refractivity contribution in [3.63, 3.8) is 0 Å². The van der Waals surface area contributed by atoms with Gasteiger partial charge in [0.05, 0.1) is 30.8 Å². The van der Waals surface area contributed by atoms with Crippen LogP contribution < -0.4 is 0 Å². The van der Waals surface area contributed by atoms with Crippen molar-refractivity contribution in [2.75, 3.05) is 6.61 Å². The van der Waals surface area contributed by atoms with Gasteiger partial charge in [0.25, 0.3) is 0 Å². The number of hydrogen-bond donors (Lipinski definition) is 1. The highest BCUT2D eigenvalue weighted by molar-refractivity contribution is 5.76. The molecule has 4 heterocycles. The minimum Gasteiger partial charge on any atom is -0.462 e. The highest BCUT2D eigenvalue weighted by Gasteiger charge is 2.51. The van der Waals surface area contributed by atoms with E-state index < -0.39 is 23.9 Å². The second kappa shape index (κ2) is 12.6. The molecule has 1 saturated carbocycles. The minimum atomic E-state index is -0.885. The molecule has 0 amide bonds. The van der Waals surface area contributed by atoms with Gasteiger partial charge in [-0.05, 0) is 68.6 Å². The molecule has 7 unspecified atom stereocenters. The Balaban J connectivity index is 1.32. The van der Waals surface area contributed by atoms with Gasteiger partial charge in [0, 0.05) is 24.7 Å². The Morgan fingerprint density at radius 1 is 1.00 bits per heavy atom. The first-order valence-corrected chi connectivity index (χ1v) is 16.5. The van der Waals surface area contributed by atoms with Crippen molar-refractivity contribution < 1.29 is 28.8 Å². The molecule has 6 heteroatoms. The van der Waals surface area contributed by atoms with E-state index in [4.69, 9.17) is 18.9 Å². The molecule has 230 valence electrons. The molecule has 42 heavy (non-hydrogen) atoms. The third-order valence-corrected chi connectivity index (χ3v) is 10.5. The number of aliphatic hydroxyl groups is 1. The lowest BCUT2D eigenvalue weighted by Crippen LogP contribution is -2.53. The number of hydrogen-bond acceptors (Lipinski definition) is 6. The van der Waals surface area contributed by atoms with E-state index in [-0.39, 0.29) is 30.2 Å². The maximum atomic E-state index is 14.0. The van der Waals surface area contributed by atoms with E-state index >= 15 is 0 Å². The smallest absolute Gasteiger partial charge is 0.313 e. The maximum absolute atomic E-state index is 14.0. The van der Waals surface area contributed by atoms with Crippen LogP contribution in [0.5, 0.6) is 0 Å². The minimum absolute atomic E-state index is 0.112. The molecule has 4 aliphatic heterocycles. The third kappa shape index (κ3) is 6.29. The van der Waals surface area contributed by atoms with Gasteiger partial charge in [-0.2, -0.15) is 0 Å². The molecule has 2 saturated heterocycles. The molecule has 1 spiro atoms. The highest BCUT2D eigenvalue weighted by Crippen LogP contribution is 2.45. The fourth-order valence-electron chi connectivity index (χ4n) is 8.31. The standard InChI is InChI=1S/C36H50O6/c1-22-9-8-12-27-21-39-34-31(27)30(18-25(4)32(34)37)35(38)40-29-19-28(14-13-23(2)17-22)41-36(20-29)16-15-24(3)33(42-36)26-10-6-5-7-11-26/h8-9,12-13,15-16,18,22,24,26,28-34,37H,5-7,10-11,14,17,19-21H2,1-4H3/b9-8+,23-13+,27-12+/t22-,24-,28?,29?,30+,31?,32?,33?,34?,36?/m0/s1. The van der Waals surface area contributed by atoms with Gasteiger partial charge in [0.1, 0.15) is 12.2 Å². The van der Waals surface area contributed by atoms with Gasteiger partial charge in [0.2, 0.25) is 0 Å². The Morgan fingerprint density at radius 3 is 2.62 bits per heavy atom. The monoisotopic (exact) mass is 578 g/mol. The van der Waals surface area contributed by atoms with Gasteiger partial charge in [-0.1, -0.05) is 75.1 Å². The van der Waals surface area contributed by atoms with E-state index in [0.29, 0.717) is 37.2 Å². The van der Waals surface area contributed by atoms with Crippen LogP contribution in [0.1, 0.15) is 85.5 Å². The zero-order chi connectivity index (χ0) is 29.4. The van der Waals surface area contributed by atoms with Crippen molar-refractivity contribution in [3.05, 3.63) is 59.3 Å². The second-order valence-corrected chi connectivity index (χ2v) is 14.0. The average molecular weight is 579 g/mol. The van der Waals surface area contributed by atoms with Gasteiger partial charge in [-0.25, -0.2) is 0 Å². The summed E-state index contributed by atoms with van der Waals surface area (Å²) in [6.07, 6.45) is 22.6. The molecule has 6 rings (SSSR count). The Kier molecular flexibility index (Phi) is 8.98. The first-order valence-electron chi connectivity index (χ1n) is 16.5. The van der Waals surface area contributed by atoms with Gasteiger partial charge < -0.3 is 24.1 Å². The summed E-state index contributed by atoms with van der Waals surface area (Å²) in [6.45, 7) is 8.97. The van der Waals surface area contributed by atoms with Crippen LogP contribution in [0.25, 0.3) is 0 Å². The van der Waals surface area contributed by atoms with Crippen molar-refractivity contribution >= 4 is 5.97 Å². The van der Waals surface area contributed by atoms with Crippen molar-refractivity contribution in [1.29, 1.82) is 0 Å². The Morgan fingerprint density at radius 2 is 1.81 bits per heavy atom. The van der Waals surface area contributed by atoms with Crippen molar-refractivity contribution in [2.45, 2.75) is 122 Å². The van der Waals surface area contributed by atoms with E-state index in [0.717, 1.165) is 24.0 Å². The molecule has 3 fully saturated rings. The highest BCUT2D eigenvalue weighted by atomic mass is 16.7. The molecule has 2 bridgehead atoms. The lowest BCUT2D eigenvalue weighted by molar-refractivity contribution is -0.301. The Bertz CT molecular complexity index is 1160. The van der Waals surface area contributed by atoms with Crippen molar-refractivity contribution in [1.82, 2.24) is 0 Å². The lowest BCUT2D eigenvalue weighted by atomic mass is 9.75. The summed E-state index contributed by atoms with van der Waals surface area (Å²) in [5.74, 6) is -0.629. The molecule has 2 aliphatic carbocycles. The predicted octanol–water partition coefficient (Wildman–Crippen LogP) is 6.76. The SMILES string of the molecule is CC1=C[C@H]2C(=O)OC3CC(C/C=C(\C)C[C@@H](C)/C=C/C=C4\COC(C1O)C42)OC1(C=C[C@H](C)C(C2CCCCC2)O1)C3. The van der Waals surface area contributed by atoms with Gasteiger partial charge in [0.15, 0.2) is 5.79 Å². The number of aliphatic hydroxyl groups excluding tert-OH is 1. The number of esters is 1. The molecular weight excluding hydrogens is 528 g/mol. The molecule has 6 aliphatic rings. The number of carbonyl (C=O) groups is 1. The van der Waals surface area contributed by atoms with Crippen LogP contribution in [0.15, 0.2) is 59.3 Å². The van der Waals surface area contributed by atoms with Crippen molar-refractivity contribution in [3.8, 4) is 0 Å².